The van der Waals surface area contributed by atoms with E-state index in [1.54, 1.807) is 0 Å². The maximum absolute atomic E-state index is 10.3. The van der Waals surface area contributed by atoms with Crippen LogP contribution in [0.2, 0.25) is 0 Å². The maximum atomic E-state index is 10.3. The Labute approximate surface area is 401 Å². The number of unbranched alkanes of at least 4 members (excludes halogenated alkanes) is 33. The summed E-state index contributed by atoms with van der Waals surface area (Å²) in [6.07, 6.45) is 63.7. The number of carboxylic acids is 3. The SMILES string of the molecule is CCCCCCCC/C=C\CCCCCCCC(=O)O.CCCCCCCC/C=C\CCCCCCCC(=O)O.CCCCCCCC/C=C\CCCCCCCC(=O)O.[NaH]. The summed E-state index contributed by atoms with van der Waals surface area (Å²) < 4.78 is 0. The average molecular weight is 871 g/mol. The van der Waals surface area contributed by atoms with Gasteiger partial charge in [-0.3, -0.25) is 14.4 Å². The fraction of sp³-hybridized carbons (Fsp3) is 0.833. The number of allylic oxidation sites excluding steroid dienone is 6. The molecule has 0 aliphatic rings. The van der Waals surface area contributed by atoms with Crippen molar-refractivity contribution in [3.63, 3.8) is 0 Å². The molecular weight excluding hydrogens is 768 g/mol. The first-order chi connectivity index (χ1) is 29.3. The van der Waals surface area contributed by atoms with Crippen LogP contribution in [0.4, 0.5) is 0 Å². The van der Waals surface area contributed by atoms with Gasteiger partial charge in [-0.25, -0.2) is 0 Å². The molecule has 0 spiro atoms. The first-order valence-corrected chi connectivity index (χ1v) is 25.9. The zero-order chi connectivity index (χ0) is 44.7. The van der Waals surface area contributed by atoms with Crippen LogP contribution in [0.1, 0.15) is 290 Å². The monoisotopic (exact) mass is 871 g/mol. The van der Waals surface area contributed by atoms with E-state index < -0.39 is 17.9 Å². The number of hydrogen-bond donors (Lipinski definition) is 3. The summed E-state index contributed by atoms with van der Waals surface area (Å²) in [6.45, 7) is 6.78. The van der Waals surface area contributed by atoms with Crippen molar-refractivity contribution >= 4 is 47.5 Å². The fourth-order valence-electron chi connectivity index (χ4n) is 7.04. The van der Waals surface area contributed by atoms with Crippen molar-refractivity contribution < 1.29 is 29.7 Å². The second-order valence-corrected chi connectivity index (χ2v) is 17.2. The summed E-state index contributed by atoms with van der Waals surface area (Å²) in [5.41, 5.74) is 0. The average Bonchev–Trinajstić information content (AvgIpc) is 3.22. The molecule has 0 radical (unpaired) electrons. The number of rotatable bonds is 45. The van der Waals surface area contributed by atoms with Crippen LogP contribution in [0.15, 0.2) is 36.5 Å². The molecule has 0 aliphatic heterocycles. The zero-order valence-corrected chi connectivity index (χ0v) is 40.2. The Bertz CT molecular complexity index is 827. The van der Waals surface area contributed by atoms with Crippen molar-refractivity contribution in [2.75, 3.05) is 0 Å². The molecular formula is C54H103NaO6. The first-order valence-electron chi connectivity index (χ1n) is 25.9. The van der Waals surface area contributed by atoms with Crippen LogP contribution in [0, 0.1) is 0 Å². The van der Waals surface area contributed by atoms with Crippen LogP contribution in [-0.4, -0.2) is 62.8 Å². The summed E-state index contributed by atoms with van der Waals surface area (Å²) in [7, 11) is 0. The number of aliphatic carboxylic acids is 3. The van der Waals surface area contributed by atoms with Gasteiger partial charge in [-0.2, -0.15) is 0 Å². The van der Waals surface area contributed by atoms with Gasteiger partial charge in [0.15, 0.2) is 0 Å². The molecule has 0 saturated heterocycles. The van der Waals surface area contributed by atoms with Crippen molar-refractivity contribution in [2.45, 2.75) is 290 Å². The summed E-state index contributed by atoms with van der Waals surface area (Å²) >= 11 is 0. The Balaban J connectivity index is -0.000000396. The van der Waals surface area contributed by atoms with Gasteiger partial charge in [-0.1, -0.05) is 211 Å². The van der Waals surface area contributed by atoms with E-state index in [1.165, 1.54) is 212 Å². The molecule has 0 fully saturated rings. The third kappa shape index (κ3) is 76.3. The van der Waals surface area contributed by atoms with Crippen LogP contribution in [0.5, 0.6) is 0 Å². The summed E-state index contributed by atoms with van der Waals surface area (Å²) in [4.78, 5) is 31.0. The molecule has 3 N–H and O–H groups in total. The standard InChI is InChI=1S/3C18H34O2.Na.H/c3*1-2-3-4-5-6-7-8-9-10-11-12-13-14-15-16-17-18(19)20;;/h3*9-10H,2-8,11-17H2,1H3,(H,19,20);;/b3*10-9-;;. The van der Waals surface area contributed by atoms with Gasteiger partial charge in [-0.05, 0) is 96.3 Å². The van der Waals surface area contributed by atoms with Gasteiger partial charge in [-0.15, -0.1) is 0 Å². The molecule has 0 amide bonds. The molecule has 0 heterocycles. The number of hydrogen-bond acceptors (Lipinski definition) is 3. The molecule has 0 atom stereocenters. The quantitative estimate of drug-likeness (QED) is 0.0319. The van der Waals surface area contributed by atoms with Crippen LogP contribution < -0.4 is 0 Å². The Kier molecular flexibility index (Phi) is 68.3. The van der Waals surface area contributed by atoms with Gasteiger partial charge in [0.2, 0.25) is 0 Å². The number of carboxylic acid groups (broad SMARTS) is 3. The molecule has 0 aromatic carbocycles. The summed E-state index contributed by atoms with van der Waals surface area (Å²) in [5.74, 6) is -1.99. The van der Waals surface area contributed by atoms with Gasteiger partial charge >= 0.3 is 47.5 Å². The molecule has 0 rings (SSSR count). The van der Waals surface area contributed by atoms with E-state index in [0.717, 1.165) is 38.5 Å². The summed E-state index contributed by atoms with van der Waals surface area (Å²) in [5, 5.41) is 25.5. The molecule has 7 heteroatoms. The second-order valence-electron chi connectivity index (χ2n) is 17.2. The van der Waals surface area contributed by atoms with Crippen molar-refractivity contribution in [1.82, 2.24) is 0 Å². The van der Waals surface area contributed by atoms with Crippen LogP contribution >= 0.6 is 0 Å². The molecule has 6 nitrogen and oxygen atoms in total. The first kappa shape index (κ1) is 66.2. The van der Waals surface area contributed by atoms with Crippen molar-refractivity contribution in [3.8, 4) is 0 Å². The molecule has 0 aromatic heterocycles. The van der Waals surface area contributed by atoms with Gasteiger partial charge < -0.3 is 15.3 Å². The second kappa shape index (κ2) is 62.9. The van der Waals surface area contributed by atoms with E-state index in [2.05, 4.69) is 57.2 Å². The van der Waals surface area contributed by atoms with Gasteiger partial charge in [0.1, 0.15) is 0 Å². The Morgan fingerprint density at radius 3 is 0.574 bits per heavy atom. The van der Waals surface area contributed by atoms with Crippen molar-refractivity contribution in [1.29, 1.82) is 0 Å². The topological polar surface area (TPSA) is 112 Å². The zero-order valence-electron chi connectivity index (χ0n) is 40.2. The van der Waals surface area contributed by atoms with Crippen LogP contribution in [0.25, 0.3) is 0 Å². The van der Waals surface area contributed by atoms with Crippen molar-refractivity contribution in [3.05, 3.63) is 36.5 Å². The van der Waals surface area contributed by atoms with Crippen molar-refractivity contribution in [2.24, 2.45) is 0 Å². The minimum atomic E-state index is -0.664. The Hall–Kier alpha value is -1.37. The molecule has 61 heavy (non-hydrogen) atoms. The Morgan fingerprint density at radius 2 is 0.410 bits per heavy atom. The van der Waals surface area contributed by atoms with E-state index in [-0.39, 0.29) is 29.6 Å². The predicted octanol–water partition coefficient (Wildman–Crippen LogP) is 17.7. The molecule has 0 saturated carbocycles. The van der Waals surface area contributed by atoms with E-state index in [1.807, 2.05) is 0 Å². The fourth-order valence-corrected chi connectivity index (χ4v) is 7.04. The van der Waals surface area contributed by atoms with Gasteiger partial charge in [0.05, 0.1) is 0 Å². The van der Waals surface area contributed by atoms with E-state index in [9.17, 15) is 14.4 Å². The molecule has 356 valence electrons. The number of carbonyl (C=O) groups is 3. The van der Waals surface area contributed by atoms with E-state index >= 15 is 0 Å². The van der Waals surface area contributed by atoms with Crippen LogP contribution in [-0.2, 0) is 14.4 Å². The predicted molar refractivity (Wildman–Crippen MR) is 268 cm³/mol. The molecule has 0 aliphatic carbocycles. The molecule has 0 bridgehead atoms. The van der Waals surface area contributed by atoms with Crippen LogP contribution in [0.3, 0.4) is 0 Å². The Morgan fingerprint density at radius 1 is 0.262 bits per heavy atom. The van der Waals surface area contributed by atoms with E-state index in [4.69, 9.17) is 15.3 Å². The molecule has 0 unspecified atom stereocenters. The van der Waals surface area contributed by atoms with Gasteiger partial charge in [0, 0.05) is 19.3 Å². The van der Waals surface area contributed by atoms with E-state index in [0.29, 0.717) is 19.3 Å². The molecule has 0 aromatic rings. The normalized spacial score (nSPS) is 11.1. The third-order valence-corrected chi connectivity index (χ3v) is 11.0. The minimum absolute atomic E-state index is 0. The third-order valence-electron chi connectivity index (χ3n) is 11.0. The van der Waals surface area contributed by atoms with Gasteiger partial charge in [0.25, 0.3) is 0 Å². The summed E-state index contributed by atoms with van der Waals surface area (Å²) in [6, 6.07) is 0.